The lowest BCUT2D eigenvalue weighted by Crippen LogP contribution is -2.46. The number of carbonyl (C=O) groups excluding carboxylic acids is 2. The van der Waals surface area contributed by atoms with Gasteiger partial charge >= 0.3 is 0 Å². The van der Waals surface area contributed by atoms with Crippen molar-refractivity contribution in [2.75, 3.05) is 26.0 Å². The number of carbonyl (C=O) groups is 2. The Labute approximate surface area is 182 Å². The number of hydrogen-bond acceptors (Lipinski definition) is 4. The zero-order valence-electron chi connectivity index (χ0n) is 17.4. The lowest BCUT2D eigenvalue weighted by Gasteiger charge is -2.28. The van der Waals surface area contributed by atoms with E-state index in [1.807, 2.05) is 6.92 Å². The van der Waals surface area contributed by atoms with E-state index in [0.29, 0.717) is 23.7 Å². The monoisotopic (exact) mass is 451 g/mol. The van der Waals surface area contributed by atoms with Crippen LogP contribution < -0.4 is 5.32 Å². The first kappa shape index (κ1) is 23.9. The Balaban J connectivity index is 2.28. The Morgan fingerprint density at radius 2 is 1.77 bits per heavy atom. The van der Waals surface area contributed by atoms with E-state index in [4.69, 9.17) is 11.6 Å². The highest BCUT2D eigenvalue weighted by molar-refractivity contribution is 7.89. The third-order valence-corrected chi connectivity index (χ3v) is 6.57. The van der Waals surface area contributed by atoms with Crippen LogP contribution in [0.2, 0.25) is 5.02 Å². The SMILES string of the molecule is CCCN(C(=O)c1cccc(S(=O)(=O)N(C)C)c1)[C@H](C)C(=O)Nc1cccc(Cl)c1. The van der Waals surface area contributed by atoms with Crippen LogP contribution >= 0.6 is 11.6 Å². The molecule has 0 aliphatic rings. The third-order valence-electron chi connectivity index (χ3n) is 4.52. The van der Waals surface area contributed by atoms with E-state index in [2.05, 4.69) is 5.32 Å². The molecule has 0 heterocycles. The molecule has 7 nitrogen and oxygen atoms in total. The maximum absolute atomic E-state index is 13.2. The molecule has 2 aromatic rings. The lowest BCUT2D eigenvalue weighted by molar-refractivity contribution is -0.120. The fourth-order valence-electron chi connectivity index (χ4n) is 2.83. The van der Waals surface area contributed by atoms with Gasteiger partial charge in [-0.3, -0.25) is 9.59 Å². The highest BCUT2D eigenvalue weighted by atomic mass is 35.5. The van der Waals surface area contributed by atoms with Crippen molar-refractivity contribution < 1.29 is 18.0 Å². The second-order valence-electron chi connectivity index (χ2n) is 6.99. The van der Waals surface area contributed by atoms with Crippen LogP contribution in [0.5, 0.6) is 0 Å². The second-order valence-corrected chi connectivity index (χ2v) is 9.58. The number of halogens is 1. The van der Waals surface area contributed by atoms with E-state index >= 15 is 0 Å². The molecule has 0 aliphatic carbocycles. The van der Waals surface area contributed by atoms with Crippen molar-refractivity contribution in [3.63, 3.8) is 0 Å². The summed E-state index contributed by atoms with van der Waals surface area (Å²) in [4.78, 5) is 27.3. The Bertz CT molecular complexity index is 1020. The van der Waals surface area contributed by atoms with Crippen LogP contribution in [0.3, 0.4) is 0 Å². The number of amides is 2. The number of hydrogen-bond donors (Lipinski definition) is 1. The summed E-state index contributed by atoms with van der Waals surface area (Å²) in [7, 11) is -0.829. The largest absolute Gasteiger partial charge is 0.327 e. The van der Waals surface area contributed by atoms with E-state index in [0.717, 1.165) is 4.31 Å². The summed E-state index contributed by atoms with van der Waals surface area (Å²) in [6, 6.07) is 11.8. The molecular weight excluding hydrogens is 426 g/mol. The standard InChI is InChI=1S/C21H26ClN3O4S/c1-5-12-25(15(2)20(26)23-18-10-7-9-17(22)14-18)21(27)16-8-6-11-19(13-16)30(28,29)24(3)4/h6-11,13-15H,5,12H2,1-4H3,(H,23,26)/t15-/m1/s1. The highest BCUT2D eigenvalue weighted by Crippen LogP contribution is 2.19. The summed E-state index contributed by atoms with van der Waals surface area (Å²) in [6.45, 7) is 3.87. The first-order valence-corrected chi connectivity index (χ1v) is 11.3. The minimum atomic E-state index is -3.68. The van der Waals surface area contributed by atoms with E-state index in [9.17, 15) is 18.0 Å². The van der Waals surface area contributed by atoms with Gasteiger partial charge < -0.3 is 10.2 Å². The maximum Gasteiger partial charge on any atom is 0.254 e. The fourth-order valence-corrected chi connectivity index (χ4v) is 3.97. The maximum atomic E-state index is 13.2. The average molecular weight is 452 g/mol. The van der Waals surface area contributed by atoms with Crippen LogP contribution in [0.1, 0.15) is 30.6 Å². The van der Waals surface area contributed by atoms with Crippen LogP contribution in [0, 0.1) is 0 Å². The summed E-state index contributed by atoms with van der Waals surface area (Å²) in [6.07, 6.45) is 0.635. The summed E-state index contributed by atoms with van der Waals surface area (Å²) in [5, 5.41) is 3.25. The van der Waals surface area contributed by atoms with E-state index in [1.165, 1.54) is 37.2 Å². The predicted octanol–water partition coefficient (Wildman–Crippen LogP) is 3.47. The van der Waals surface area contributed by atoms with Crippen molar-refractivity contribution in [2.24, 2.45) is 0 Å². The van der Waals surface area contributed by atoms with E-state index < -0.39 is 22.0 Å². The first-order valence-electron chi connectivity index (χ1n) is 9.48. The van der Waals surface area contributed by atoms with Gasteiger partial charge in [0.15, 0.2) is 0 Å². The van der Waals surface area contributed by atoms with Gasteiger partial charge in [0.1, 0.15) is 6.04 Å². The molecule has 1 N–H and O–H groups in total. The average Bonchev–Trinajstić information content (AvgIpc) is 2.71. The number of nitrogens with one attached hydrogen (secondary N) is 1. The quantitative estimate of drug-likeness (QED) is 0.665. The Hall–Kier alpha value is -2.42. The molecule has 30 heavy (non-hydrogen) atoms. The highest BCUT2D eigenvalue weighted by Gasteiger charge is 2.27. The number of anilines is 1. The second kappa shape index (κ2) is 10.1. The van der Waals surface area contributed by atoms with Crippen LogP contribution in [-0.4, -0.2) is 56.1 Å². The molecule has 0 saturated carbocycles. The molecule has 2 aromatic carbocycles. The number of rotatable bonds is 8. The third kappa shape index (κ3) is 5.59. The molecule has 0 aliphatic heterocycles. The van der Waals surface area contributed by atoms with Crippen LogP contribution in [0.4, 0.5) is 5.69 Å². The van der Waals surface area contributed by atoms with Crippen molar-refractivity contribution in [3.8, 4) is 0 Å². The van der Waals surface area contributed by atoms with Crippen LogP contribution in [0.15, 0.2) is 53.4 Å². The Morgan fingerprint density at radius 1 is 1.10 bits per heavy atom. The van der Waals surface area contributed by atoms with Gasteiger partial charge in [-0.15, -0.1) is 0 Å². The molecular formula is C21H26ClN3O4S. The normalized spacial score (nSPS) is 12.5. The molecule has 2 rings (SSSR count). The molecule has 0 aromatic heterocycles. The van der Waals surface area contributed by atoms with Gasteiger partial charge in [0.05, 0.1) is 4.90 Å². The molecule has 1 atom stereocenters. The fraction of sp³-hybridized carbons (Fsp3) is 0.333. The van der Waals surface area contributed by atoms with E-state index in [1.54, 1.807) is 37.3 Å². The van der Waals surface area contributed by atoms with Gasteiger partial charge in [-0.2, -0.15) is 0 Å². The number of sulfonamides is 1. The van der Waals surface area contributed by atoms with Crippen molar-refractivity contribution in [2.45, 2.75) is 31.2 Å². The molecule has 2 amide bonds. The molecule has 0 saturated heterocycles. The Morgan fingerprint density at radius 3 is 2.37 bits per heavy atom. The zero-order valence-corrected chi connectivity index (χ0v) is 19.0. The van der Waals surface area contributed by atoms with Crippen molar-refractivity contribution >= 4 is 39.1 Å². The molecule has 9 heteroatoms. The molecule has 0 fully saturated rings. The minimum absolute atomic E-state index is 0.0193. The van der Waals surface area contributed by atoms with Crippen molar-refractivity contribution in [1.82, 2.24) is 9.21 Å². The van der Waals surface area contributed by atoms with Gasteiger partial charge in [0, 0.05) is 36.9 Å². The smallest absolute Gasteiger partial charge is 0.254 e. The minimum Gasteiger partial charge on any atom is -0.327 e. The molecule has 0 radical (unpaired) electrons. The molecule has 0 bridgehead atoms. The summed E-state index contributed by atoms with van der Waals surface area (Å²) in [5.41, 5.74) is 0.733. The zero-order chi connectivity index (χ0) is 22.5. The van der Waals surface area contributed by atoms with Crippen LogP contribution in [-0.2, 0) is 14.8 Å². The molecule has 162 valence electrons. The Kier molecular flexibility index (Phi) is 8.00. The first-order chi connectivity index (χ1) is 14.1. The molecule has 0 unspecified atom stereocenters. The van der Waals surface area contributed by atoms with Gasteiger partial charge in [-0.25, -0.2) is 12.7 Å². The topological polar surface area (TPSA) is 86.8 Å². The van der Waals surface area contributed by atoms with Crippen molar-refractivity contribution in [3.05, 3.63) is 59.1 Å². The number of nitrogens with zero attached hydrogens (tertiary/aromatic N) is 2. The van der Waals surface area contributed by atoms with Gasteiger partial charge in [-0.05, 0) is 49.7 Å². The summed E-state index contributed by atoms with van der Waals surface area (Å²) in [5.74, 6) is -0.780. The van der Waals surface area contributed by atoms with Crippen molar-refractivity contribution in [1.29, 1.82) is 0 Å². The van der Waals surface area contributed by atoms with Crippen LogP contribution in [0.25, 0.3) is 0 Å². The predicted molar refractivity (Wildman–Crippen MR) is 118 cm³/mol. The summed E-state index contributed by atoms with van der Waals surface area (Å²) >= 11 is 5.96. The van der Waals surface area contributed by atoms with E-state index in [-0.39, 0.29) is 16.4 Å². The molecule has 0 spiro atoms. The lowest BCUT2D eigenvalue weighted by atomic mass is 10.1. The number of benzene rings is 2. The van der Waals surface area contributed by atoms with Gasteiger partial charge in [0.25, 0.3) is 5.91 Å². The van der Waals surface area contributed by atoms with Gasteiger partial charge in [0.2, 0.25) is 15.9 Å². The van der Waals surface area contributed by atoms with Gasteiger partial charge in [-0.1, -0.05) is 30.7 Å². The summed E-state index contributed by atoms with van der Waals surface area (Å²) < 4.78 is 25.9.